The lowest BCUT2D eigenvalue weighted by atomic mass is 9.92. The summed E-state index contributed by atoms with van der Waals surface area (Å²) in [5.41, 5.74) is 4.50. The van der Waals surface area contributed by atoms with E-state index in [9.17, 15) is 14.7 Å². The van der Waals surface area contributed by atoms with E-state index < -0.39 is 17.9 Å². The van der Waals surface area contributed by atoms with Gasteiger partial charge in [0, 0.05) is 12.1 Å². The molecule has 6 nitrogen and oxygen atoms in total. The second kappa shape index (κ2) is 9.20. The molecule has 0 aromatic heterocycles. The van der Waals surface area contributed by atoms with E-state index in [0.29, 0.717) is 23.4 Å². The lowest BCUT2D eigenvalue weighted by molar-refractivity contribution is -0.130. The Morgan fingerprint density at radius 1 is 0.939 bits per heavy atom. The normalized spacial score (nSPS) is 15.7. The Morgan fingerprint density at radius 2 is 1.58 bits per heavy atom. The topological polar surface area (TPSA) is 76.1 Å². The zero-order valence-electron chi connectivity index (χ0n) is 18.7. The number of nitrogens with zero attached hydrogens (tertiary/aromatic N) is 1. The maximum absolute atomic E-state index is 13.2. The minimum absolute atomic E-state index is 0.283. The molecule has 0 spiro atoms. The van der Waals surface area contributed by atoms with Crippen molar-refractivity contribution >= 4 is 17.4 Å². The fourth-order valence-electron chi connectivity index (χ4n) is 4.04. The van der Waals surface area contributed by atoms with Gasteiger partial charge in [-0.1, -0.05) is 54.1 Å². The molecule has 0 fully saturated rings. The van der Waals surface area contributed by atoms with E-state index in [1.165, 1.54) is 7.11 Å². The minimum atomic E-state index is -0.529. The van der Waals surface area contributed by atoms with Gasteiger partial charge in [-0.15, -0.1) is 0 Å². The predicted molar refractivity (Wildman–Crippen MR) is 125 cm³/mol. The molecule has 1 atom stereocenters. The third-order valence-corrected chi connectivity index (χ3v) is 5.83. The molecule has 33 heavy (non-hydrogen) atoms. The maximum atomic E-state index is 13.2. The number of carbonyl (C=O) groups is 2. The number of rotatable bonds is 6. The van der Waals surface area contributed by atoms with Crippen molar-refractivity contribution in [2.24, 2.45) is 0 Å². The number of hydrogen-bond acceptors (Lipinski definition) is 5. The van der Waals surface area contributed by atoms with Crippen molar-refractivity contribution in [3.63, 3.8) is 0 Å². The fourth-order valence-corrected chi connectivity index (χ4v) is 4.04. The first-order chi connectivity index (χ1) is 15.9. The Morgan fingerprint density at radius 3 is 2.15 bits per heavy atom. The molecule has 0 saturated heterocycles. The lowest BCUT2D eigenvalue weighted by Gasteiger charge is -2.27. The zero-order valence-corrected chi connectivity index (χ0v) is 18.7. The quantitative estimate of drug-likeness (QED) is 0.552. The van der Waals surface area contributed by atoms with Crippen molar-refractivity contribution in [2.75, 3.05) is 14.2 Å². The highest BCUT2D eigenvalue weighted by Gasteiger charge is 2.41. The van der Waals surface area contributed by atoms with Crippen molar-refractivity contribution in [1.29, 1.82) is 0 Å². The molecule has 3 aromatic carbocycles. The number of ether oxygens (including phenoxy) is 2. The summed E-state index contributed by atoms with van der Waals surface area (Å²) >= 11 is 0. The number of aliphatic hydroxyl groups is 1. The standard InChI is InChI=1S/C27H25NO5/c1-17-4-6-18(7-5-17)16-28-24(20-8-10-21(11-9-20)27(31)33-3)23(25(29)26(28)30)19-12-14-22(32-2)15-13-19/h4-15,24,29H,16H2,1-3H3/t24-/m0/s1. The van der Waals surface area contributed by atoms with E-state index >= 15 is 0 Å². The molecule has 168 valence electrons. The van der Waals surface area contributed by atoms with Crippen LogP contribution >= 0.6 is 0 Å². The number of benzene rings is 3. The largest absolute Gasteiger partial charge is 0.503 e. The first-order valence-electron chi connectivity index (χ1n) is 10.5. The molecule has 0 aliphatic carbocycles. The Labute approximate surface area is 192 Å². The van der Waals surface area contributed by atoms with Gasteiger partial charge in [0.2, 0.25) is 0 Å². The first kappa shape index (κ1) is 22.1. The van der Waals surface area contributed by atoms with Crippen LogP contribution in [-0.2, 0) is 16.1 Å². The molecule has 1 amide bonds. The van der Waals surface area contributed by atoms with E-state index in [1.54, 1.807) is 48.4 Å². The number of esters is 1. The first-order valence-corrected chi connectivity index (χ1v) is 10.5. The van der Waals surface area contributed by atoms with Gasteiger partial charge in [-0.25, -0.2) is 4.79 Å². The predicted octanol–water partition coefficient (Wildman–Crippen LogP) is 4.84. The molecule has 1 N–H and O–H groups in total. The van der Waals surface area contributed by atoms with E-state index in [2.05, 4.69) is 0 Å². The summed E-state index contributed by atoms with van der Waals surface area (Å²) in [6, 6.07) is 21.5. The van der Waals surface area contributed by atoms with Gasteiger partial charge in [0.05, 0.1) is 25.8 Å². The van der Waals surface area contributed by atoms with Gasteiger partial charge in [0.1, 0.15) is 5.75 Å². The number of methoxy groups -OCH3 is 2. The van der Waals surface area contributed by atoms with Gasteiger partial charge < -0.3 is 19.5 Å². The Balaban J connectivity index is 1.78. The average molecular weight is 443 g/mol. The van der Waals surface area contributed by atoms with Crippen molar-refractivity contribution in [3.05, 3.63) is 106 Å². The highest BCUT2D eigenvalue weighted by Crippen LogP contribution is 2.44. The number of carbonyl (C=O) groups excluding carboxylic acids is 2. The molecular formula is C27H25NO5. The number of aliphatic hydroxyl groups excluding tert-OH is 1. The van der Waals surface area contributed by atoms with Gasteiger partial charge in [-0.05, 0) is 47.9 Å². The molecule has 0 saturated carbocycles. The highest BCUT2D eigenvalue weighted by atomic mass is 16.5. The molecular weight excluding hydrogens is 418 g/mol. The lowest BCUT2D eigenvalue weighted by Crippen LogP contribution is -2.29. The average Bonchev–Trinajstić information content (AvgIpc) is 3.10. The molecule has 1 heterocycles. The van der Waals surface area contributed by atoms with Crippen LogP contribution < -0.4 is 4.74 Å². The second-order valence-corrected chi connectivity index (χ2v) is 7.93. The van der Waals surface area contributed by atoms with Crippen molar-refractivity contribution < 1.29 is 24.2 Å². The molecule has 4 rings (SSSR count). The van der Waals surface area contributed by atoms with Gasteiger partial charge in [0.15, 0.2) is 5.76 Å². The van der Waals surface area contributed by atoms with E-state index in [-0.39, 0.29) is 5.76 Å². The Bertz CT molecular complexity index is 1190. The Hall–Kier alpha value is -4.06. The third kappa shape index (κ3) is 4.32. The highest BCUT2D eigenvalue weighted by molar-refractivity contribution is 6.05. The molecule has 0 radical (unpaired) electrons. The molecule has 1 aliphatic rings. The minimum Gasteiger partial charge on any atom is -0.503 e. The van der Waals surface area contributed by atoms with E-state index in [4.69, 9.17) is 9.47 Å². The van der Waals surface area contributed by atoms with Crippen LogP contribution in [0.25, 0.3) is 5.57 Å². The van der Waals surface area contributed by atoms with Crippen LogP contribution in [0.1, 0.15) is 38.7 Å². The van der Waals surface area contributed by atoms with Crippen molar-refractivity contribution in [1.82, 2.24) is 4.90 Å². The zero-order chi connectivity index (χ0) is 23.5. The molecule has 0 unspecified atom stereocenters. The molecule has 3 aromatic rings. The number of amides is 1. The molecule has 1 aliphatic heterocycles. The third-order valence-electron chi connectivity index (χ3n) is 5.83. The van der Waals surface area contributed by atoms with Crippen LogP contribution in [0.5, 0.6) is 5.75 Å². The maximum Gasteiger partial charge on any atom is 0.337 e. The van der Waals surface area contributed by atoms with Gasteiger partial charge >= 0.3 is 5.97 Å². The summed E-state index contributed by atoms with van der Waals surface area (Å²) in [6.07, 6.45) is 0. The van der Waals surface area contributed by atoms with Gasteiger partial charge in [-0.3, -0.25) is 4.79 Å². The van der Waals surface area contributed by atoms with Crippen LogP contribution in [0.3, 0.4) is 0 Å². The summed E-state index contributed by atoms with van der Waals surface area (Å²) in [5.74, 6) is -0.481. The van der Waals surface area contributed by atoms with Crippen molar-refractivity contribution in [3.8, 4) is 5.75 Å². The number of hydrogen-bond donors (Lipinski definition) is 1. The van der Waals surface area contributed by atoms with Crippen LogP contribution in [-0.4, -0.2) is 36.1 Å². The van der Waals surface area contributed by atoms with E-state index in [0.717, 1.165) is 22.3 Å². The van der Waals surface area contributed by atoms with Crippen LogP contribution in [0, 0.1) is 6.92 Å². The molecule has 0 bridgehead atoms. The number of aryl methyl sites for hydroxylation is 1. The summed E-state index contributed by atoms with van der Waals surface area (Å²) in [4.78, 5) is 26.7. The van der Waals surface area contributed by atoms with E-state index in [1.807, 2.05) is 43.3 Å². The van der Waals surface area contributed by atoms with Crippen LogP contribution in [0.4, 0.5) is 0 Å². The van der Waals surface area contributed by atoms with Crippen LogP contribution in [0.2, 0.25) is 0 Å². The SMILES string of the molecule is COC(=O)c1ccc([C@H]2C(c3ccc(OC)cc3)=C(O)C(=O)N2Cc2ccc(C)cc2)cc1. The van der Waals surface area contributed by atoms with Gasteiger partial charge in [-0.2, -0.15) is 0 Å². The van der Waals surface area contributed by atoms with Crippen molar-refractivity contribution in [2.45, 2.75) is 19.5 Å². The monoisotopic (exact) mass is 443 g/mol. The summed E-state index contributed by atoms with van der Waals surface area (Å²) in [5, 5.41) is 10.9. The van der Waals surface area contributed by atoms with Crippen LogP contribution in [0.15, 0.2) is 78.6 Å². The summed E-state index contributed by atoms with van der Waals surface area (Å²) in [6.45, 7) is 2.33. The van der Waals surface area contributed by atoms with Gasteiger partial charge in [0.25, 0.3) is 5.91 Å². The summed E-state index contributed by atoms with van der Waals surface area (Å²) in [7, 11) is 2.91. The fraction of sp³-hybridized carbons (Fsp3) is 0.185. The summed E-state index contributed by atoms with van der Waals surface area (Å²) < 4.78 is 10.0. The molecule has 6 heteroatoms. The second-order valence-electron chi connectivity index (χ2n) is 7.93. The Kier molecular flexibility index (Phi) is 6.18. The smallest absolute Gasteiger partial charge is 0.337 e.